The van der Waals surface area contributed by atoms with Gasteiger partial charge in [-0.3, -0.25) is 4.98 Å². The molecular weight excluding hydrogens is 208 g/mol. The van der Waals surface area contributed by atoms with Gasteiger partial charge in [-0.25, -0.2) is 8.78 Å². The fourth-order valence-electron chi connectivity index (χ4n) is 1.49. The first-order chi connectivity index (χ1) is 7.70. The number of rotatable bonds is 2. The van der Waals surface area contributed by atoms with E-state index in [9.17, 15) is 8.78 Å². The van der Waals surface area contributed by atoms with Crippen molar-refractivity contribution in [3.63, 3.8) is 0 Å². The van der Waals surface area contributed by atoms with Gasteiger partial charge in [0.05, 0.1) is 6.20 Å². The van der Waals surface area contributed by atoms with Crippen molar-refractivity contribution in [2.75, 3.05) is 0 Å². The van der Waals surface area contributed by atoms with Gasteiger partial charge in [-0.2, -0.15) is 0 Å². The molecule has 0 aliphatic carbocycles. The molecule has 81 valence electrons. The zero-order valence-corrected chi connectivity index (χ0v) is 8.80. The molecule has 1 aromatic carbocycles. The number of pyridine rings is 1. The zero-order chi connectivity index (χ0) is 11.5. The maximum atomic E-state index is 13.5. The van der Waals surface area contributed by atoms with Crippen LogP contribution in [-0.4, -0.2) is 4.98 Å². The number of benzene rings is 1. The molecule has 2 aromatic rings. The van der Waals surface area contributed by atoms with Crippen LogP contribution in [0.15, 0.2) is 30.5 Å². The monoisotopic (exact) mass is 218 g/mol. The predicted octanol–water partition coefficient (Wildman–Crippen LogP) is 3.39. The lowest BCUT2D eigenvalue weighted by atomic mass is 10.1. The molecule has 16 heavy (non-hydrogen) atoms. The number of halogens is 2. The third-order valence-corrected chi connectivity index (χ3v) is 2.32. The van der Waals surface area contributed by atoms with Gasteiger partial charge in [0.1, 0.15) is 11.5 Å². The molecule has 3 heteroatoms. The summed E-state index contributed by atoms with van der Waals surface area (Å²) in [5.74, 6) is -1.31. The van der Waals surface area contributed by atoms with Gasteiger partial charge in [0.15, 0.2) is 5.82 Å². The van der Waals surface area contributed by atoms with Crippen LogP contribution in [-0.2, 0) is 6.42 Å². The molecule has 1 heterocycles. The Morgan fingerprint density at radius 2 is 2.12 bits per heavy atom. The van der Waals surface area contributed by atoms with Crippen molar-refractivity contribution < 1.29 is 8.78 Å². The lowest BCUT2D eigenvalue weighted by Gasteiger charge is -2.04. The average Bonchev–Trinajstić information content (AvgIpc) is 2.29. The van der Waals surface area contributed by atoms with Gasteiger partial charge in [-0.15, -0.1) is 0 Å². The Labute approximate surface area is 92.8 Å². The number of nitrogens with zero attached hydrogens (tertiary/aromatic N) is 1. The molecular formula is C13H10F2N. The molecule has 0 atom stereocenters. The summed E-state index contributed by atoms with van der Waals surface area (Å²) in [7, 11) is 0. The highest BCUT2D eigenvalue weighted by molar-refractivity contribution is 5.60. The number of aryl methyl sites for hydroxylation is 1. The molecule has 0 aliphatic rings. The van der Waals surface area contributed by atoms with Crippen LogP contribution in [0.1, 0.15) is 12.5 Å². The van der Waals surface area contributed by atoms with E-state index in [1.807, 2.05) is 13.0 Å². The molecule has 1 radical (unpaired) electrons. The Kier molecular flexibility index (Phi) is 2.95. The Balaban J connectivity index is 2.49. The summed E-state index contributed by atoms with van der Waals surface area (Å²) >= 11 is 0. The van der Waals surface area contributed by atoms with Crippen LogP contribution < -0.4 is 0 Å². The molecule has 0 saturated carbocycles. The van der Waals surface area contributed by atoms with Crippen molar-refractivity contribution in [2.24, 2.45) is 0 Å². The van der Waals surface area contributed by atoms with E-state index in [4.69, 9.17) is 0 Å². The third-order valence-electron chi connectivity index (χ3n) is 2.32. The highest BCUT2D eigenvalue weighted by Crippen LogP contribution is 2.21. The molecule has 0 unspecified atom stereocenters. The van der Waals surface area contributed by atoms with Crippen LogP contribution in [0.5, 0.6) is 0 Å². The molecule has 0 aliphatic heterocycles. The van der Waals surface area contributed by atoms with Crippen molar-refractivity contribution in [1.29, 1.82) is 0 Å². The highest BCUT2D eigenvalue weighted by Gasteiger charge is 2.08. The highest BCUT2D eigenvalue weighted by atomic mass is 19.1. The third kappa shape index (κ3) is 2.08. The van der Waals surface area contributed by atoms with Crippen molar-refractivity contribution in [3.8, 4) is 11.3 Å². The van der Waals surface area contributed by atoms with Gasteiger partial charge in [0.2, 0.25) is 0 Å². The summed E-state index contributed by atoms with van der Waals surface area (Å²) in [6, 6.07) is 9.11. The van der Waals surface area contributed by atoms with E-state index >= 15 is 0 Å². The van der Waals surface area contributed by atoms with Crippen LogP contribution >= 0.6 is 0 Å². The molecule has 1 aromatic heterocycles. The topological polar surface area (TPSA) is 12.9 Å². The van der Waals surface area contributed by atoms with Gasteiger partial charge in [0.25, 0.3) is 0 Å². The number of hydrogen-bond acceptors (Lipinski definition) is 1. The van der Waals surface area contributed by atoms with Crippen LogP contribution in [0.4, 0.5) is 8.78 Å². The minimum absolute atomic E-state index is 0.171. The van der Waals surface area contributed by atoms with E-state index in [-0.39, 0.29) is 5.69 Å². The Bertz CT molecular complexity index is 509. The molecule has 0 fully saturated rings. The van der Waals surface area contributed by atoms with Gasteiger partial charge < -0.3 is 0 Å². The quantitative estimate of drug-likeness (QED) is 0.752. The SMILES string of the molecule is CCc1[c]ccc(-c2ncc(F)cc2F)c1. The van der Waals surface area contributed by atoms with Crippen molar-refractivity contribution >= 4 is 0 Å². The van der Waals surface area contributed by atoms with Gasteiger partial charge in [-0.05, 0) is 24.1 Å². The Morgan fingerprint density at radius 1 is 1.31 bits per heavy atom. The Morgan fingerprint density at radius 3 is 2.81 bits per heavy atom. The number of aromatic nitrogens is 1. The summed E-state index contributed by atoms with van der Waals surface area (Å²) in [5.41, 5.74) is 1.79. The summed E-state index contributed by atoms with van der Waals surface area (Å²) in [4.78, 5) is 3.76. The maximum Gasteiger partial charge on any atom is 0.152 e. The second kappa shape index (κ2) is 4.39. The first kappa shape index (κ1) is 10.7. The molecule has 0 spiro atoms. The van der Waals surface area contributed by atoms with E-state index in [0.29, 0.717) is 5.56 Å². The lowest BCUT2D eigenvalue weighted by Crippen LogP contribution is -1.92. The van der Waals surface area contributed by atoms with Crippen LogP contribution in [0.3, 0.4) is 0 Å². The summed E-state index contributed by atoms with van der Waals surface area (Å²) in [6.07, 6.45) is 1.83. The van der Waals surface area contributed by atoms with Crippen molar-refractivity contribution in [1.82, 2.24) is 4.98 Å². The molecule has 1 nitrogen and oxygen atoms in total. The second-order valence-corrected chi connectivity index (χ2v) is 3.44. The van der Waals surface area contributed by atoms with E-state index in [2.05, 4.69) is 11.1 Å². The van der Waals surface area contributed by atoms with E-state index in [0.717, 1.165) is 24.2 Å². The van der Waals surface area contributed by atoms with Crippen LogP contribution in [0.2, 0.25) is 0 Å². The summed E-state index contributed by atoms with van der Waals surface area (Å²) < 4.78 is 26.2. The second-order valence-electron chi connectivity index (χ2n) is 3.44. The van der Waals surface area contributed by atoms with Gasteiger partial charge >= 0.3 is 0 Å². The minimum atomic E-state index is -0.667. The fraction of sp³-hybridized carbons (Fsp3) is 0.154. The maximum absolute atomic E-state index is 13.5. The van der Waals surface area contributed by atoms with Crippen molar-refractivity contribution in [3.05, 3.63) is 53.7 Å². The molecule has 2 rings (SSSR count). The average molecular weight is 218 g/mol. The van der Waals surface area contributed by atoms with E-state index < -0.39 is 11.6 Å². The van der Waals surface area contributed by atoms with Crippen LogP contribution in [0.25, 0.3) is 11.3 Å². The minimum Gasteiger partial charge on any atom is -0.250 e. The smallest absolute Gasteiger partial charge is 0.152 e. The first-order valence-corrected chi connectivity index (χ1v) is 5.02. The lowest BCUT2D eigenvalue weighted by molar-refractivity contribution is 0.576. The molecule has 0 saturated heterocycles. The largest absolute Gasteiger partial charge is 0.250 e. The van der Waals surface area contributed by atoms with Crippen molar-refractivity contribution in [2.45, 2.75) is 13.3 Å². The normalized spacial score (nSPS) is 10.4. The summed E-state index contributed by atoms with van der Waals surface area (Å²) in [5, 5.41) is 0. The summed E-state index contributed by atoms with van der Waals surface area (Å²) in [6.45, 7) is 1.99. The number of hydrogen-bond donors (Lipinski definition) is 0. The van der Waals surface area contributed by atoms with Gasteiger partial charge in [-0.1, -0.05) is 19.1 Å². The Hall–Kier alpha value is -1.77. The molecule has 0 amide bonds. The van der Waals surface area contributed by atoms with Crippen LogP contribution in [0, 0.1) is 17.7 Å². The molecule has 0 bridgehead atoms. The zero-order valence-electron chi connectivity index (χ0n) is 8.80. The van der Waals surface area contributed by atoms with E-state index in [1.165, 1.54) is 0 Å². The standard InChI is InChI=1S/C13H10F2N/c1-2-9-4-3-5-10(6-9)13-12(15)7-11(14)8-16-13/h3,5-8H,2H2,1H3. The van der Waals surface area contributed by atoms with Gasteiger partial charge in [0, 0.05) is 11.6 Å². The molecule has 0 N–H and O–H groups in total. The first-order valence-electron chi connectivity index (χ1n) is 5.02. The van der Waals surface area contributed by atoms with E-state index in [1.54, 1.807) is 12.1 Å². The predicted molar refractivity (Wildman–Crippen MR) is 57.8 cm³/mol. The fourth-order valence-corrected chi connectivity index (χ4v) is 1.49.